The van der Waals surface area contributed by atoms with Gasteiger partial charge in [0.25, 0.3) is 0 Å². The first kappa shape index (κ1) is 17.8. The van der Waals surface area contributed by atoms with E-state index in [1.54, 1.807) is 11.2 Å². The van der Waals surface area contributed by atoms with Gasteiger partial charge in [-0.25, -0.2) is 0 Å². The lowest BCUT2D eigenvalue weighted by molar-refractivity contribution is -0.135. The Labute approximate surface area is 168 Å². The number of aromatic nitrogens is 1. The largest absolute Gasteiger partial charge is 0.467 e. The van der Waals surface area contributed by atoms with E-state index >= 15 is 0 Å². The number of nitrogens with one attached hydrogen (secondary N) is 1. The number of benzene rings is 1. The summed E-state index contributed by atoms with van der Waals surface area (Å²) in [6.45, 7) is 2.18. The Hall–Kier alpha value is -3.28. The number of carbonyl (C=O) groups is 2. The molecular formula is C23H23N3O3. The van der Waals surface area contributed by atoms with Crippen molar-refractivity contribution in [2.75, 3.05) is 19.6 Å². The molecule has 6 heteroatoms. The average Bonchev–Trinajstić information content (AvgIpc) is 3.49. The quantitative estimate of drug-likeness (QED) is 0.743. The van der Waals surface area contributed by atoms with Crippen LogP contribution < -0.4 is 0 Å². The Kier molecular flexibility index (Phi) is 4.46. The highest BCUT2D eigenvalue weighted by Gasteiger charge is 2.37. The van der Waals surface area contributed by atoms with Gasteiger partial charge >= 0.3 is 0 Å². The fourth-order valence-corrected chi connectivity index (χ4v) is 4.39. The third kappa shape index (κ3) is 3.35. The summed E-state index contributed by atoms with van der Waals surface area (Å²) < 4.78 is 5.33. The van der Waals surface area contributed by atoms with Crippen LogP contribution in [0.5, 0.6) is 0 Å². The first-order chi connectivity index (χ1) is 14.2. The summed E-state index contributed by atoms with van der Waals surface area (Å²) in [7, 11) is 0. The van der Waals surface area contributed by atoms with Crippen LogP contribution in [-0.2, 0) is 16.1 Å². The highest BCUT2D eigenvalue weighted by Crippen LogP contribution is 2.30. The minimum Gasteiger partial charge on any atom is -0.467 e. The minimum absolute atomic E-state index is 0.0202. The predicted molar refractivity (Wildman–Crippen MR) is 110 cm³/mol. The fourth-order valence-electron chi connectivity index (χ4n) is 4.39. The summed E-state index contributed by atoms with van der Waals surface area (Å²) in [5.41, 5.74) is 3.62. The number of amides is 2. The molecule has 1 atom stereocenters. The number of furan rings is 1. The fraction of sp³-hybridized carbons (Fsp3) is 0.304. The molecule has 2 aliphatic rings. The highest BCUT2D eigenvalue weighted by atomic mass is 16.3. The smallest absolute Gasteiger partial charge is 0.228 e. The Morgan fingerprint density at radius 3 is 2.90 bits per heavy atom. The number of hydrogen-bond acceptors (Lipinski definition) is 3. The van der Waals surface area contributed by atoms with E-state index in [-0.39, 0.29) is 24.2 Å². The number of hydrogen-bond donors (Lipinski definition) is 1. The van der Waals surface area contributed by atoms with E-state index < -0.39 is 0 Å². The third-order valence-corrected chi connectivity index (χ3v) is 5.95. The second kappa shape index (κ2) is 7.28. The number of aromatic amines is 1. The van der Waals surface area contributed by atoms with Gasteiger partial charge in [-0.1, -0.05) is 24.3 Å². The van der Waals surface area contributed by atoms with Gasteiger partial charge in [0.05, 0.1) is 18.7 Å². The van der Waals surface area contributed by atoms with Crippen molar-refractivity contribution in [1.82, 2.24) is 14.8 Å². The number of H-pyrrole nitrogens is 1. The highest BCUT2D eigenvalue weighted by molar-refractivity contribution is 5.93. The van der Waals surface area contributed by atoms with Crippen LogP contribution in [0.3, 0.4) is 0 Å². The van der Waals surface area contributed by atoms with Crippen LogP contribution in [0.4, 0.5) is 0 Å². The maximum atomic E-state index is 13.0. The lowest BCUT2D eigenvalue weighted by Crippen LogP contribution is -2.39. The van der Waals surface area contributed by atoms with Gasteiger partial charge in [-0.05, 0) is 30.2 Å². The normalized spacial score (nSPS) is 19.8. The second-order valence-electron chi connectivity index (χ2n) is 7.77. The average molecular weight is 389 g/mol. The van der Waals surface area contributed by atoms with Crippen molar-refractivity contribution in [3.05, 3.63) is 66.3 Å². The number of fused-ring (bicyclic) bond motifs is 1. The van der Waals surface area contributed by atoms with E-state index in [2.05, 4.69) is 29.4 Å². The van der Waals surface area contributed by atoms with Crippen molar-refractivity contribution in [2.24, 2.45) is 5.92 Å². The van der Waals surface area contributed by atoms with E-state index in [4.69, 9.17) is 4.42 Å². The van der Waals surface area contributed by atoms with Crippen molar-refractivity contribution in [3.8, 4) is 0 Å². The monoisotopic (exact) mass is 389 g/mol. The predicted octanol–water partition coefficient (Wildman–Crippen LogP) is 3.43. The molecule has 29 heavy (non-hydrogen) atoms. The number of nitrogens with zero attached hydrogens (tertiary/aromatic N) is 2. The zero-order valence-corrected chi connectivity index (χ0v) is 16.1. The van der Waals surface area contributed by atoms with Crippen LogP contribution in [0, 0.1) is 5.92 Å². The van der Waals surface area contributed by atoms with E-state index in [1.807, 2.05) is 29.2 Å². The van der Waals surface area contributed by atoms with Gasteiger partial charge in [-0.2, -0.15) is 0 Å². The van der Waals surface area contributed by atoms with Gasteiger partial charge in [-0.15, -0.1) is 0 Å². The topological polar surface area (TPSA) is 69.6 Å². The minimum atomic E-state index is -0.263. The van der Waals surface area contributed by atoms with Crippen molar-refractivity contribution in [2.45, 2.75) is 19.4 Å². The maximum absolute atomic E-state index is 13.0. The van der Waals surface area contributed by atoms with Crippen molar-refractivity contribution >= 4 is 28.3 Å². The molecule has 1 N–H and O–H groups in total. The molecule has 1 fully saturated rings. The Morgan fingerprint density at radius 1 is 1.21 bits per heavy atom. The first-order valence-electron chi connectivity index (χ1n) is 10.0. The summed E-state index contributed by atoms with van der Waals surface area (Å²) in [6.07, 6.45) is 6.91. The molecule has 2 aliphatic heterocycles. The van der Waals surface area contributed by atoms with Gasteiger partial charge in [0.1, 0.15) is 5.76 Å². The summed E-state index contributed by atoms with van der Waals surface area (Å²) in [6, 6.07) is 11.9. The lowest BCUT2D eigenvalue weighted by atomic mass is 9.98. The van der Waals surface area contributed by atoms with E-state index in [0.717, 1.165) is 17.7 Å². The first-order valence-corrected chi connectivity index (χ1v) is 10.0. The van der Waals surface area contributed by atoms with Crippen LogP contribution in [0.15, 0.2) is 59.4 Å². The molecule has 0 bridgehead atoms. The van der Waals surface area contributed by atoms with Crippen LogP contribution in [0.25, 0.3) is 16.5 Å². The molecule has 148 valence electrons. The second-order valence-corrected chi connectivity index (χ2v) is 7.77. The van der Waals surface area contributed by atoms with Gasteiger partial charge in [0.15, 0.2) is 0 Å². The third-order valence-electron chi connectivity index (χ3n) is 5.95. The molecule has 0 aliphatic carbocycles. The van der Waals surface area contributed by atoms with Crippen LogP contribution in [0.1, 0.15) is 24.2 Å². The van der Waals surface area contributed by atoms with Gasteiger partial charge in [-0.3, -0.25) is 9.59 Å². The molecule has 0 spiro atoms. The number of carbonyl (C=O) groups excluding carboxylic acids is 2. The molecule has 1 saturated heterocycles. The van der Waals surface area contributed by atoms with Gasteiger partial charge < -0.3 is 19.2 Å². The summed E-state index contributed by atoms with van der Waals surface area (Å²) in [5.74, 6) is 0.581. The zero-order chi connectivity index (χ0) is 19.8. The Morgan fingerprint density at radius 2 is 2.10 bits per heavy atom. The summed E-state index contributed by atoms with van der Waals surface area (Å²) in [5, 5.41) is 1.22. The van der Waals surface area contributed by atoms with Gasteiger partial charge in [0, 0.05) is 48.7 Å². The van der Waals surface area contributed by atoms with Crippen molar-refractivity contribution in [1.29, 1.82) is 0 Å². The number of rotatable bonds is 4. The van der Waals surface area contributed by atoms with Crippen molar-refractivity contribution in [3.63, 3.8) is 0 Å². The molecule has 4 heterocycles. The van der Waals surface area contributed by atoms with Crippen LogP contribution in [-0.4, -0.2) is 46.2 Å². The Balaban J connectivity index is 1.25. The zero-order valence-electron chi connectivity index (χ0n) is 16.1. The molecule has 0 saturated carbocycles. The standard InChI is InChI=1S/C23H23N3O3/c27-22-12-17(14-26(22)15-18-4-3-11-29-18)23(28)25-9-7-16(8-10-25)20-13-24-21-6-2-1-5-19(20)21/h1-7,11,13,17,24H,8-10,12,14-15H2. The molecule has 1 aromatic carbocycles. The molecule has 6 nitrogen and oxygen atoms in total. The number of likely N-dealkylation sites (tertiary alicyclic amines) is 1. The summed E-state index contributed by atoms with van der Waals surface area (Å²) in [4.78, 5) is 32.2. The van der Waals surface area contributed by atoms with Crippen LogP contribution >= 0.6 is 0 Å². The van der Waals surface area contributed by atoms with Gasteiger partial charge in [0.2, 0.25) is 11.8 Å². The maximum Gasteiger partial charge on any atom is 0.228 e. The summed E-state index contributed by atoms with van der Waals surface area (Å²) >= 11 is 0. The van der Waals surface area contributed by atoms with E-state index in [9.17, 15) is 9.59 Å². The molecule has 1 unspecified atom stereocenters. The van der Waals surface area contributed by atoms with Crippen LogP contribution in [0.2, 0.25) is 0 Å². The lowest BCUT2D eigenvalue weighted by Gasteiger charge is -2.28. The molecule has 2 amide bonds. The van der Waals surface area contributed by atoms with E-state index in [0.29, 0.717) is 26.2 Å². The molecular weight excluding hydrogens is 366 g/mol. The molecule has 3 aromatic rings. The molecule has 2 aromatic heterocycles. The Bertz CT molecular complexity index is 1080. The number of para-hydroxylation sites is 1. The van der Waals surface area contributed by atoms with Crippen molar-refractivity contribution < 1.29 is 14.0 Å². The van der Waals surface area contributed by atoms with E-state index in [1.165, 1.54) is 16.5 Å². The SMILES string of the molecule is O=C1CC(C(=O)N2CC=C(c3c[nH]c4ccccc34)CC2)CN1Cc1ccco1. The molecule has 0 radical (unpaired) electrons. The molecule has 5 rings (SSSR count).